The lowest BCUT2D eigenvalue weighted by molar-refractivity contribution is -0.139. The third kappa shape index (κ3) is 6.35. The molecule has 7 heteroatoms. The number of carboxylic acid groups (broad SMARTS) is 1. The van der Waals surface area contributed by atoms with E-state index in [1.54, 1.807) is 0 Å². The molecule has 1 fully saturated rings. The highest BCUT2D eigenvalue weighted by atomic mass is 16.4. The standard InChI is InChI=1S/C16H32N4O3/c1-5-19(6-2)12(4)10-17-16(23)18-13-8-14(9-13)20(7-3)11-15(21)22/h12-14H,5-11H2,1-4H3,(H,21,22)(H2,17,18,23)/t12-,13?,14?/m1/s1. The number of carboxylic acids is 1. The summed E-state index contributed by atoms with van der Waals surface area (Å²) in [7, 11) is 0. The van der Waals surface area contributed by atoms with Gasteiger partial charge in [0.2, 0.25) is 0 Å². The van der Waals surface area contributed by atoms with E-state index < -0.39 is 5.97 Å². The lowest BCUT2D eigenvalue weighted by Gasteiger charge is -2.42. The van der Waals surface area contributed by atoms with Gasteiger partial charge in [-0.25, -0.2) is 4.79 Å². The van der Waals surface area contributed by atoms with Crippen LogP contribution in [0.5, 0.6) is 0 Å². The second kappa shape index (κ2) is 9.72. The fourth-order valence-corrected chi connectivity index (χ4v) is 3.13. The molecule has 1 rings (SSSR count). The van der Waals surface area contributed by atoms with Crippen LogP contribution in [0.4, 0.5) is 4.79 Å². The molecule has 0 saturated heterocycles. The van der Waals surface area contributed by atoms with Gasteiger partial charge in [0.25, 0.3) is 0 Å². The summed E-state index contributed by atoms with van der Waals surface area (Å²) in [6.45, 7) is 11.7. The molecule has 0 heterocycles. The number of likely N-dealkylation sites (N-methyl/N-ethyl adjacent to an activating group) is 2. The zero-order chi connectivity index (χ0) is 17.4. The van der Waals surface area contributed by atoms with Gasteiger partial charge in [0.1, 0.15) is 0 Å². The Bertz CT molecular complexity index is 382. The molecule has 1 aliphatic rings. The summed E-state index contributed by atoms with van der Waals surface area (Å²) in [6, 6.07) is 0.590. The number of carbonyl (C=O) groups excluding carboxylic acids is 1. The molecular formula is C16H32N4O3. The summed E-state index contributed by atoms with van der Waals surface area (Å²) in [5.41, 5.74) is 0. The number of aliphatic carboxylic acids is 1. The number of nitrogens with zero attached hydrogens (tertiary/aromatic N) is 2. The van der Waals surface area contributed by atoms with E-state index >= 15 is 0 Å². The fraction of sp³-hybridized carbons (Fsp3) is 0.875. The molecule has 3 N–H and O–H groups in total. The van der Waals surface area contributed by atoms with Crippen molar-refractivity contribution >= 4 is 12.0 Å². The molecule has 0 spiro atoms. The highest BCUT2D eigenvalue weighted by Gasteiger charge is 2.34. The van der Waals surface area contributed by atoms with Crippen molar-refractivity contribution in [3.63, 3.8) is 0 Å². The summed E-state index contributed by atoms with van der Waals surface area (Å²) in [5, 5.41) is 14.8. The summed E-state index contributed by atoms with van der Waals surface area (Å²) < 4.78 is 0. The number of carbonyl (C=O) groups is 2. The first-order valence-electron chi connectivity index (χ1n) is 8.65. The average Bonchev–Trinajstić information content (AvgIpc) is 2.47. The zero-order valence-corrected chi connectivity index (χ0v) is 14.8. The molecule has 0 aromatic heterocycles. The molecule has 0 bridgehead atoms. The van der Waals surface area contributed by atoms with Crippen LogP contribution in [0.1, 0.15) is 40.5 Å². The predicted octanol–water partition coefficient (Wildman–Crippen LogP) is 0.953. The lowest BCUT2D eigenvalue weighted by Crippen LogP contribution is -2.57. The van der Waals surface area contributed by atoms with E-state index in [9.17, 15) is 9.59 Å². The molecule has 1 atom stereocenters. The number of nitrogens with one attached hydrogen (secondary N) is 2. The van der Waals surface area contributed by atoms with Gasteiger partial charge in [0.05, 0.1) is 6.54 Å². The number of urea groups is 1. The van der Waals surface area contributed by atoms with Crippen molar-refractivity contribution in [2.75, 3.05) is 32.7 Å². The van der Waals surface area contributed by atoms with Gasteiger partial charge in [-0.2, -0.15) is 0 Å². The summed E-state index contributed by atoms with van der Waals surface area (Å²) in [6.07, 6.45) is 1.64. The SMILES string of the molecule is CCN(CC(=O)O)C1CC(NC(=O)NC[C@@H](C)N(CC)CC)C1. The Hall–Kier alpha value is -1.34. The molecule has 2 amide bonds. The third-order valence-electron chi connectivity index (χ3n) is 4.70. The normalized spacial score (nSPS) is 21.8. The first kappa shape index (κ1) is 19.7. The average molecular weight is 328 g/mol. The minimum atomic E-state index is -0.800. The minimum Gasteiger partial charge on any atom is -0.480 e. The summed E-state index contributed by atoms with van der Waals surface area (Å²) in [4.78, 5) is 27.0. The first-order valence-corrected chi connectivity index (χ1v) is 8.65. The van der Waals surface area contributed by atoms with Gasteiger partial charge in [-0.05, 0) is 39.4 Å². The van der Waals surface area contributed by atoms with Crippen LogP contribution in [0.2, 0.25) is 0 Å². The van der Waals surface area contributed by atoms with Crippen molar-refractivity contribution in [3.05, 3.63) is 0 Å². The van der Waals surface area contributed by atoms with Gasteiger partial charge in [-0.1, -0.05) is 20.8 Å². The second-order valence-electron chi connectivity index (χ2n) is 6.20. The van der Waals surface area contributed by atoms with Crippen LogP contribution in [-0.4, -0.2) is 77.8 Å². The number of rotatable bonds is 10. The van der Waals surface area contributed by atoms with E-state index in [-0.39, 0.29) is 24.7 Å². The molecule has 1 saturated carbocycles. The van der Waals surface area contributed by atoms with Crippen LogP contribution in [0.15, 0.2) is 0 Å². The Morgan fingerprint density at radius 3 is 2.26 bits per heavy atom. The molecule has 7 nitrogen and oxygen atoms in total. The van der Waals surface area contributed by atoms with Crippen LogP contribution >= 0.6 is 0 Å². The molecule has 0 radical (unpaired) electrons. The molecule has 1 aliphatic carbocycles. The van der Waals surface area contributed by atoms with Crippen LogP contribution in [0.25, 0.3) is 0 Å². The Labute approximate surface area is 139 Å². The van der Waals surface area contributed by atoms with E-state index in [2.05, 4.69) is 36.3 Å². The van der Waals surface area contributed by atoms with E-state index in [1.165, 1.54) is 0 Å². The molecule has 23 heavy (non-hydrogen) atoms. The lowest BCUT2D eigenvalue weighted by atomic mass is 9.85. The van der Waals surface area contributed by atoms with Crippen molar-refractivity contribution in [1.82, 2.24) is 20.4 Å². The monoisotopic (exact) mass is 328 g/mol. The van der Waals surface area contributed by atoms with Crippen LogP contribution in [0, 0.1) is 0 Å². The number of amides is 2. The quantitative estimate of drug-likeness (QED) is 0.556. The topological polar surface area (TPSA) is 84.9 Å². The Kier molecular flexibility index (Phi) is 8.33. The van der Waals surface area contributed by atoms with Crippen molar-refractivity contribution in [2.45, 2.75) is 58.7 Å². The van der Waals surface area contributed by atoms with Gasteiger partial charge < -0.3 is 15.7 Å². The van der Waals surface area contributed by atoms with E-state index in [4.69, 9.17) is 5.11 Å². The molecule has 0 aromatic carbocycles. The highest BCUT2D eigenvalue weighted by molar-refractivity contribution is 5.74. The summed E-state index contributed by atoms with van der Waals surface area (Å²) >= 11 is 0. The van der Waals surface area contributed by atoms with Gasteiger partial charge in [-0.3, -0.25) is 14.6 Å². The number of hydrogen-bond acceptors (Lipinski definition) is 4. The smallest absolute Gasteiger partial charge is 0.317 e. The molecule has 134 valence electrons. The molecule has 0 aromatic rings. The Balaban J connectivity index is 2.24. The van der Waals surface area contributed by atoms with E-state index in [1.807, 2.05) is 11.8 Å². The molecule has 0 aliphatic heterocycles. The zero-order valence-electron chi connectivity index (χ0n) is 14.8. The highest BCUT2D eigenvalue weighted by Crippen LogP contribution is 2.25. The first-order chi connectivity index (χ1) is 10.9. The second-order valence-corrected chi connectivity index (χ2v) is 6.20. The van der Waals surface area contributed by atoms with Gasteiger partial charge in [-0.15, -0.1) is 0 Å². The van der Waals surface area contributed by atoms with Crippen molar-refractivity contribution in [1.29, 1.82) is 0 Å². The van der Waals surface area contributed by atoms with Crippen LogP contribution < -0.4 is 10.6 Å². The number of hydrogen-bond donors (Lipinski definition) is 3. The van der Waals surface area contributed by atoms with E-state index in [0.717, 1.165) is 32.5 Å². The van der Waals surface area contributed by atoms with Gasteiger partial charge >= 0.3 is 12.0 Å². The van der Waals surface area contributed by atoms with E-state index in [0.29, 0.717) is 12.6 Å². The van der Waals surface area contributed by atoms with Gasteiger partial charge in [0, 0.05) is 24.7 Å². The Morgan fingerprint density at radius 2 is 1.78 bits per heavy atom. The maximum atomic E-state index is 11.9. The van der Waals surface area contributed by atoms with Crippen molar-refractivity contribution in [2.24, 2.45) is 0 Å². The molecular weight excluding hydrogens is 296 g/mol. The fourth-order valence-electron chi connectivity index (χ4n) is 3.13. The Morgan fingerprint density at radius 1 is 1.17 bits per heavy atom. The van der Waals surface area contributed by atoms with Crippen molar-refractivity contribution in [3.8, 4) is 0 Å². The van der Waals surface area contributed by atoms with Crippen molar-refractivity contribution < 1.29 is 14.7 Å². The predicted molar refractivity (Wildman–Crippen MR) is 90.6 cm³/mol. The molecule has 0 unspecified atom stereocenters. The summed E-state index contributed by atoms with van der Waals surface area (Å²) in [5.74, 6) is -0.800. The van der Waals surface area contributed by atoms with Crippen LogP contribution in [-0.2, 0) is 4.79 Å². The maximum Gasteiger partial charge on any atom is 0.317 e. The third-order valence-corrected chi connectivity index (χ3v) is 4.70. The maximum absolute atomic E-state index is 11.9. The van der Waals surface area contributed by atoms with Gasteiger partial charge in [0.15, 0.2) is 0 Å². The largest absolute Gasteiger partial charge is 0.480 e. The minimum absolute atomic E-state index is 0.0709. The van der Waals surface area contributed by atoms with Crippen LogP contribution in [0.3, 0.4) is 0 Å².